The Kier molecular flexibility index (Phi) is 8.30. The molecule has 1 aromatic heterocycles. The molecular formula is C25H33N3OS. The number of nitrogens with two attached hydrogens (primary N) is 1. The molecule has 0 aliphatic carbocycles. The number of rotatable bonds is 2. The summed E-state index contributed by atoms with van der Waals surface area (Å²) in [6, 6.07) is 7.79. The van der Waals surface area contributed by atoms with Gasteiger partial charge in [-0.1, -0.05) is 27.7 Å². The monoisotopic (exact) mass is 423 g/mol. The van der Waals surface area contributed by atoms with Crippen molar-refractivity contribution < 1.29 is 5.11 Å². The van der Waals surface area contributed by atoms with Gasteiger partial charge < -0.3 is 16.2 Å². The summed E-state index contributed by atoms with van der Waals surface area (Å²) < 4.78 is 0. The summed E-state index contributed by atoms with van der Waals surface area (Å²) in [4.78, 5) is 4.97. The highest BCUT2D eigenvalue weighted by Gasteiger charge is 2.22. The SMILES string of the molecule is CC.CC.Cc1cc(-c2nc3ccc(N)c(C=N)c3c3c2CSCC3)cc(C)c1O. The van der Waals surface area contributed by atoms with Crippen molar-refractivity contribution in [3.8, 4) is 17.0 Å². The van der Waals surface area contributed by atoms with Crippen LogP contribution in [0, 0.1) is 19.3 Å². The third kappa shape index (κ3) is 4.31. The molecule has 0 bridgehead atoms. The van der Waals surface area contributed by atoms with Crippen LogP contribution in [0.2, 0.25) is 0 Å². The molecule has 1 aliphatic rings. The number of phenolic OH excluding ortho intramolecular Hbond substituents is 1. The lowest BCUT2D eigenvalue weighted by atomic mass is 9.92. The lowest BCUT2D eigenvalue weighted by Gasteiger charge is -2.23. The molecule has 0 amide bonds. The number of nitrogens with one attached hydrogen (secondary N) is 1. The van der Waals surface area contributed by atoms with Crippen molar-refractivity contribution in [3.63, 3.8) is 0 Å². The maximum absolute atomic E-state index is 10.1. The molecule has 2 heterocycles. The van der Waals surface area contributed by atoms with Gasteiger partial charge in [-0.15, -0.1) is 0 Å². The average molecular weight is 424 g/mol. The predicted molar refractivity (Wildman–Crippen MR) is 133 cm³/mol. The number of pyridine rings is 1. The maximum atomic E-state index is 10.1. The van der Waals surface area contributed by atoms with E-state index in [0.717, 1.165) is 56.8 Å². The number of thioether (sulfide) groups is 1. The Morgan fingerprint density at radius 2 is 1.70 bits per heavy atom. The zero-order chi connectivity index (χ0) is 22.4. The van der Waals surface area contributed by atoms with Crippen LogP contribution < -0.4 is 5.73 Å². The predicted octanol–water partition coefficient (Wildman–Crippen LogP) is 6.65. The molecule has 0 atom stereocenters. The third-order valence-corrected chi connectivity index (χ3v) is 6.08. The summed E-state index contributed by atoms with van der Waals surface area (Å²) >= 11 is 1.91. The number of nitrogens with zero attached hydrogens (tertiary/aromatic N) is 1. The molecule has 0 fully saturated rings. The second-order valence-electron chi connectivity index (χ2n) is 6.79. The fourth-order valence-corrected chi connectivity index (χ4v) is 4.79. The van der Waals surface area contributed by atoms with E-state index in [0.29, 0.717) is 11.4 Å². The molecule has 0 saturated heterocycles. The number of hydrogen-bond acceptors (Lipinski definition) is 5. The fourth-order valence-electron chi connectivity index (χ4n) is 3.78. The van der Waals surface area contributed by atoms with Crippen molar-refractivity contribution >= 4 is 34.6 Å². The number of phenols is 1. The van der Waals surface area contributed by atoms with Crippen molar-refractivity contribution in [2.75, 3.05) is 11.5 Å². The summed E-state index contributed by atoms with van der Waals surface area (Å²) in [6.07, 6.45) is 2.29. The van der Waals surface area contributed by atoms with Crippen LogP contribution >= 0.6 is 11.8 Å². The van der Waals surface area contributed by atoms with Gasteiger partial charge in [0.25, 0.3) is 0 Å². The van der Waals surface area contributed by atoms with Crippen LogP contribution in [0.25, 0.3) is 22.2 Å². The second kappa shape index (κ2) is 10.5. The number of benzene rings is 2. The summed E-state index contributed by atoms with van der Waals surface area (Å²) in [6.45, 7) is 11.8. The van der Waals surface area contributed by atoms with Gasteiger partial charge in [-0.05, 0) is 72.5 Å². The fraction of sp³-hybridized carbons (Fsp3) is 0.360. The van der Waals surface area contributed by atoms with E-state index in [4.69, 9.17) is 16.1 Å². The van der Waals surface area contributed by atoms with Crippen molar-refractivity contribution in [1.29, 1.82) is 5.41 Å². The lowest BCUT2D eigenvalue weighted by molar-refractivity contribution is 0.467. The van der Waals surface area contributed by atoms with Gasteiger partial charge in [-0.25, -0.2) is 4.98 Å². The molecule has 0 unspecified atom stereocenters. The van der Waals surface area contributed by atoms with Gasteiger partial charge >= 0.3 is 0 Å². The Morgan fingerprint density at radius 1 is 1.07 bits per heavy atom. The Morgan fingerprint density at radius 3 is 2.30 bits per heavy atom. The number of aromatic hydroxyl groups is 1. The van der Waals surface area contributed by atoms with E-state index in [2.05, 4.69) is 0 Å². The molecule has 30 heavy (non-hydrogen) atoms. The molecule has 2 aromatic carbocycles. The number of fused-ring (bicyclic) bond motifs is 3. The number of aryl methyl sites for hydroxylation is 3. The highest BCUT2D eigenvalue weighted by molar-refractivity contribution is 7.98. The number of aromatic nitrogens is 1. The first-order chi connectivity index (χ1) is 14.5. The first-order valence-corrected chi connectivity index (χ1v) is 11.8. The van der Waals surface area contributed by atoms with Gasteiger partial charge in [0.05, 0.1) is 11.2 Å². The summed E-state index contributed by atoms with van der Waals surface area (Å²) in [5.41, 5.74) is 14.6. The molecule has 160 valence electrons. The van der Waals surface area contributed by atoms with Crippen molar-refractivity contribution in [3.05, 3.63) is 52.1 Å². The number of nitrogen functional groups attached to an aromatic ring is 1. The van der Waals surface area contributed by atoms with Crippen LogP contribution in [-0.4, -0.2) is 22.1 Å². The Bertz CT molecular complexity index is 1040. The average Bonchev–Trinajstić information content (AvgIpc) is 2.79. The normalized spacial score (nSPS) is 12.2. The zero-order valence-electron chi connectivity index (χ0n) is 18.9. The molecule has 3 aromatic rings. The van der Waals surface area contributed by atoms with Crippen LogP contribution in [0.3, 0.4) is 0 Å². The zero-order valence-corrected chi connectivity index (χ0v) is 19.7. The largest absolute Gasteiger partial charge is 0.507 e. The maximum Gasteiger partial charge on any atom is 0.121 e. The van der Waals surface area contributed by atoms with E-state index in [1.807, 2.05) is 77.6 Å². The minimum absolute atomic E-state index is 0.344. The lowest BCUT2D eigenvalue weighted by Crippen LogP contribution is -2.09. The standard InChI is InChI=1S/C21H21N3OS.2C2H6/c1-11-7-13(8-12(2)21(11)25)20-16-10-26-6-5-14(16)19-15(9-22)17(23)3-4-18(19)24-20;2*1-2/h3-4,7-9,22,25H,5-6,10,23H2,1-2H3;2*1-2H3. The van der Waals surface area contributed by atoms with Crippen LogP contribution in [-0.2, 0) is 12.2 Å². The molecule has 4 N–H and O–H groups in total. The summed E-state index contributed by atoms with van der Waals surface area (Å²) in [7, 11) is 0. The smallest absolute Gasteiger partial charge is 0.121 e. The topological polar surface area (TPSA) is 83.0 Å². The molecular weight excluding hydrogens is 390 g/mol. The Labute approximate surface area is 184 Å². The van der Waals surface area contributed by atoms with Gasteiger partial charge in [0.2, 0.25) is 0 Å². The molecule has 1 aliphatic heterocycles. The minimum Gasteiger partial charge on any atom is -0.507 e. The first-order valence-electron chi connectivity index (χ1n) is 10.6. The summed E-state index contributed by atoms with van der Waals surface area (Å²) in [5.74, 6) is 2.31. The van der Waals surface area contributed by atoms with E-state index < -0.39 is 0 Å². The molecule has 0 saturated carbocycles. The minimum atomic E-state index is 0.344. The second-order valence-corrected chi connectivity index (χ2v) is 7.89. The number of hydrogen-bond donors (Lipinski definition) is 3. The van der Waals surface area contributed by atoms with Crippen molar-refractivity contribution in [2.24, 2.45) is 0 Å². The van der Waals surface area contributed by atoms with Crippen LogP contribution in [0.5, 0.6) is 5.75 Å². The van der Waals surface area contributed by atoms with Gasteiger partial charge in [0.1, 0.15) is 5.75 Å². The highest BCUT2D eigenvalue weighted by Crippen LogP contribution is 2.39. The first kappa shape index (κ1) is 23.7. The van der Waals surface area contributed by atoms with Gasteiger partial charge in [0, 0.05) is 34.2 Å². The Hall–Kier alpha value is -2.53. The molecule has 0 spiro atoms. The van der Waals surface area contributed by atoms with Crippen molar-refractivity contribution in [1.82, 2.24) is 4.98 Å². The Balaban J connectivity index is 0.000000757. The molecule has 5 heteroatoms. The van der Waals surface area contributed by atoms with Crippen LogP contribution in [0.15, 0.2) is 24.3 Å². The van der Waals surface area contributed by atoms with E-state index in [1.165, 1.54) is 17.3 Å². The highest BCUT2D eigenvalue weighted by atomic mass is 32.2. The van der Waals surface area contributed by atoms with Crippen molar-refractivity contribution in [2.45, 2.75) is 53.7 Å². The quantitative estimate of drug-likeness (QED) is 0.318. The van der Waals surface area contributed by atoms with E-state index in [9.17, 15) is 5.11 Å². The molecule has 4 nitrogen and oxygen atoms in total. The molecule has 0 radical (unpaired) electrons. The van der Waals surface area contributed by atoms with E-state index in [1.54, 1.807) is 0 Å². The van der Waals surface area contributed by atoms with Gasteiger partial charge in [-0.3, -0.25) is 0 Å². The van der Waals surface area contributed by atoms with E-state index >= 15 is 0 Å². The van der Waals surface area contributed by atoms with Crippen LogP contribution in [0.1, 0.15) is 55.5 Å². The third-order valence-electron chi connectivity index (χ3n) is 5.09. The van der Waals surface area contributed by atoms with Gasteiger partial charge in [0.15, 0.2) is 0 Å². The van der Waals surface area contributed by atoms with Gasteiger partial charge in [-0.2, -0.15) is 11.8 Å². The summed E-state index contributed by atoms with van der Waals surface area (Å²) in [5, 5.41) is 19.0. The van der Waals surface area contributed by atoms with E-state index in [-0.39, 0.29) is 0 Å². The van der Waals surface area contributed by atoms with Crippen LogP contribution in [0.4, 0.5) is 5.69 Å². The number of anilines is 1. The molecule has 4 rings (SSSR count).